The first-order chi connectivity index (χ1) is 7.47. The summed E-state index contributed by atoms with van der Waals surface area (Å²) in [6, 6.07) is 6.43. The summed E-state index contributed by atoms with van der Waals surface area (Å²) in [6.45, 7) is 0. The van der Waals surface area contributed by atoms with Gasteiger partial charge in [-0.15, -0.1) is 0 Å². The van der Waals surface area contributed by atoms with Gasteiger partial charge < -0.3 is 9.47 Å². The van der Waals surface area contributed by atoms with Crippen molar-refractivity contribution in [2.45, 2.75) is 18.7 Å². The maximum atomic E-state index is 12.4. The average molecular weight is 234 g/mol. The van der Waals surface area contributed by atoms with Gasteiger partial charge in [0.25, 0.3) is 0 Å². The number of alkyl halides is 3. The highest BCUT2D eigenvalue weighted by molar-refractivity contribution is 5.27. The standard InChI is InChI=1S/C11H13F3O2/c1-15-9-5-3-8(4-6-9)7-10(16-2)11(12,13)14/h3-6,10H,7H2,1-2H3. The van der Waals surface area contributed by atoms with E-state index in [9.17, 15) is 13.2 Å². The van der Waals surface area contributed by atoms with Gasteiger partial charge in [0, 0.05) is 13.5 Å². The number of ether oxygens (including phenoxy) is 2. The molecule has 0 saturated carbocycles. The lowest BCUT2D eigenvalue weighted by Gasteiger charge is -2.18. The minimum Gasteiger partial charge on any atom is -0.497 e. The van der Waals surface area contributed by atoms with Crippen molar-refractivity contribution in [3.05, 3.63) is 29.8 Å². The molecule has 0 bridgehead atoms. The van der Waals surface area contributed by atoms with Gasteiger partial charge in [0.05, 0.1) is 7.11 Å². The van der Waals surface area contributed by atoms with E-state index in [1.165, 1.54) is 7.11 Å². The van der Waals surface area contributed by atoms with Crippen molar-refractivity contribution < 1.29 is 22.6 Å². The maximum absolute atomic E-state index is 12.4. The molecular weight excluding hydrogens is 221 g/mol. The van der Waals surface area contributed by atoms with Gasteiger partial charge in [0.15, 0.2) is 6.10 Å². The van der Waals surface area contributed by atoms with E-state index < -0.39 is 12.3 Å². The van der Waals surface area contributed by atoms with Crippen LogP contribution in [0, 0.1) is 0 Å². The lowest BCUT2D eigenvalue weighted by Crippen LogP contribution is -2.32. The first-order valence-corrected chi connectivity index (χ1v) is 4.70. The van der Waals surface area contributed by atoms with Crippen LogP contribution >= 0.6 is 0 Å². The largest absolute Gasteiger partial charge is 0.497 e. The highest BCUT2D eigenvalue weighted by Gasteiger charge is 2.39. The average Bonchev–Trinajstić information content (AvgIpc) is 2.25. The van der Waals surface area contributed by atoms with Gasteiger partial charge in [-0.3, -0.25) is 0 Å². The number of hydrogen-bond acceptors (Lipinski definition) is 2. The van der Waals surface area contributed by atoms with E-state index in [0.717, 1.165) is 7.11 Å². The number of halogens is 3. The second-order valence-electron chi connectivity index (χ2n) is 3.32. The van der Waals surface area contributed by atoms with Crippen LogP contribution in [0.1, 0.15) is 5.56 Å². The Balaban J connectivity index is 2.71. The molecule has 0 aliphatic heterocycles. The first-order valence-electron chi connectivity index (χ1n) is 4.70. The monoisotopic (exact) mass is 234 g/mol. The van der Waals surface area contributed by atoms with Crippen LogP contribution in [0.4, 0.5) is 13.2 Å². The van der Waals surface area contributed by atoms with Crippen molar-refractivity contribution in [3.63, 3.8) is 0 Å². The molecule has 0 aliphatic carbocycles. The minimum atomic E-state index is -4.34. The summed E-state index contributed by atoms with van der Waals surface area (Å²) in [5.41, 5.74) is 0.560. The first kappa shape index (κ1) is 12.8. The van der Waals surface area contributed by atoms with Crippen LogP contribution in [0.2, 0.25) is 0 Å². The summed E-state index contributed by atoms with van der Waals surface area (Å²) in [5, 5.41) is 0. The highest BCUT2D eigenvalue weighted by Crippen LogP contribution is 2.25. The van der Waals surface area contributed by atoms with E-state index in [2.05, 4.69) is 4.74 Å². The van der Waals surface area contributed by atoms with Crippen LogP contribution in [-0.2, 0) is 11.2 Å². The fourth-order valence-electron chi connectivity index (χ4n) is 1.31. The van der Waals surface area contributed by atoms with Gasteiger partial charge in [0.1, 0.15) is 5.75 Å². The van der Waals surface area contributed by atoms with E-state index in [1.54, 1.807) is 24.3 Å². The molecule has 0 heterocycles. The number of hydrogen-bond donors (Lipinski definition) is 0. The second-order valence-corrected chi connectivity index (χ2v) is 3.32. The molecule has 0 saturated heterocycles. The summed E-state index contributed by atoms with van der Waals surface area (Å²) in [7, 11) is 2.56. The quantitative estimate of drug-likeness (QED) is 0.797. The third-order valence-corrected chi connectivity index (χ3v) is 2.23. The molecule has 16 heavy (non-hydrogen) atoms. The zero-order valence-corrected chi connectivity index (χ0v) is 9.04. The molecule has 0 aromatic heterocycles. The Bertz CT molecular complexity index is 319. The number of methoxy groups -OCH3 is 2. The van der Waals surface area contributed by atoms with Crippen LogP contribution in [0.25, 0.3) is 0 Å². The fourth-order valence-corrected chi connectivity index (χ4v) is 1.31. The van der Waals surface area contributed by atoms with E-state index in [1.807, 2.05) is 0 Å². The Morgan fingerprint density at radius 2 is 1.69 bits per heavy atom. The summed E-state index contributed by atoms with van der Waals surface area (Å²) in [4.78, 5) is 0. The highest BCUT2D eigenvalue weighted by atomic mass is 19.4. The Kier molecular flexibility index (Phi) is 4.18. The van der Waals surface area contributed by atoms with Gasteiger partial charge in [-0.1, -0.05) is 12.1 Å². The van der Waals surface area contributed by atoms with Crippen LogP contribution < -0.4 is 4.74 Å². The molecule has 1 rings (SSSR count). The number of rotatable bonds is 4. The van der Waals surface area contributed by atoms with Crippen molar-refractivity contribution in [1.82, 2.24) is 0 Å². The molecule has 1 atom stereocenters. The van der Waals surface area contributed by atoms with Crippen LogP contribution in [0.5, 0.6) is 5.75 Å². The summed E-state index contributed by atoms with van der Waals surface area (Å²) >= 11 is 0. The van der Waals surface area contributed by atoms with Gasteiger partial charge in [-0.2, -0.15) is 13.2 Å². The van der Waals surface area contributed by atoms with Crippen LogP contribution in [0.15, 0.2) is 24.3 Å². The van der Waals surface area contributed by atoms with Gasteiger partial charge in [0.2, 0.25) is 0 Å². The Morgan fingerprint density at radius 1 is 1.12 bits per heavy atom. The molecule has 1 aromatic carbocycles. The summed E-state index contributed by atoms with van der Waals surface area (Å²) in [5.74, 6) is 0.615. The van der Waals surface area contributed by atoms with E-state index in [-0.39, 0.29) is 6.42 Å². The Morgan fingerprint density at radius 3 is 2.06 bits per heavy atom. The topological polar surface area (TPSA) is 18.5 Å². The normalized spacial score (nSPS) is 13.6. The maximum Gasteiger partial charge on any atom is 0.414 e. The number of benzene rings is 1. The van der Waals surface area contributed by atoms with Crippen molar-refractivity contribution in [3.8, 4) is 5.75 Å². The van der Waals surface area contributed by atoms with Crippen LogP contribution in [0.3, 0.4) is 0 Å². The van der Waals surface area contributed by atoms with Gasteiger partial charge >= 0.3 is 6.18 Å². The molecule has 0 spiro atoms. The van der Waals surface area contributed by atoms with Crippen molar-refractivity contribution in [2.24, 2.45) is 0 Å². The molecule has 0 radical (unpaired) electrons. The van der Waals surface area contributed by atoms with E-state index >= 15 is 0 Å². The SMILES string of the molecule is COc1ccc(CC(OC)C(F)(F)F)cc1. The molecule has 5 heteroatoms. The van der Waals surface area contributed by atoms with Gasteiger partial charge in [-0.25, -0.2) is 0 Å². The molecule has 0 amide bonds. The minimum absolute atomic E-state index is 0.190. The summed E-state index contributed by atoms with van der Waals surface area (Å²) in [6.07, 6.45) is -6.29. The molecule has 2 nitrogen and oxygen atoms in total. The molecular formula is C11H13F3O2. The second kappa shape index (κ2) is 5.21. The predicted octanol–water partition coefficient (Wildman–Crippen LogP) is 2.82. The molecule has 90 valence electrons. The van der Waals surface area contributed by atoms with Crippen molar-refractivity contribution in [2.75, 3.05) is 14.2 Å². The zero-order valence-electron chi connectivity index (χ0n) is 9.04. The third kappa shape index (κ3) is 3.41. The van der Waals surface area contributed by atoms with Crippen molar-refractivity contribution >= 4 is 0 Å². The third-order valence-electron chi connectivity index (χ3n) is 2.23. The molecule has 0 N–H and O–H groups in total. The lowest BCUT2D eigenvalue weighted by molar-refractivity contribution is -0.212. The molecule has 0 fully saturated rings. The van der Waals surface area contributed by atoms with E-state index in [4.69, 9.17) is 4.74 Å². The zero-order chi connectivity index (χ0) is 12.2. The molecule has 1 unspecified atom stereocenters. The Labute approximate surface area is 92.0 Å². The Hall–Kier alpha value is -1.23. The smallest absolute Gasteiger partial charge is 0.414 e. The fraction of sp³-hybridized carbons (Fsp3) is 0.455. The lowest BCUT2D eigenvalue weighted by atomic mass is 10.1. The predicted molar refractivity (Wildman–Crippen MR) is 53.6 cm³/mol. The summed E-state index contributed by atoms with van der Waals surface area (Å²) < 4.78 is 46.5. The van der Waals surface area contributed by atoms with E-state index in [0.29, 0.717) is 11.3 Å². The van der Waals surface area contributed by atoms with Gasteiger partial charge in [-0.05, 0) is 17.7 Å². The van der Waals surface area contributed by atoms with Crippen molar-refractivity contribution in [1.29, 1.82) is 0 Å². The van der Waals surface area contributed by atoms with Crippen LogP contribution in [-0.4, -0.2) is 26.5 Å². The molecule has 1 aromatic rings. The molecule has 0 aliphatic rings.